The zero-order valence-corrected chi connectivity index (χ0v) is 30.1. The summed E-state index contributed by atoms with van der Waals surface area (Å²) in [5.41, 5.74) is 8.66. The van der Waals surface area contributed by atoms with Gasteiger partial charge in [-0.05, 0) is 82.6 Å². The minimum Gasteiger partial charge on any atom is -0.480 e. The summed E-state index contributed by atoms with van der Waals surface area (Å²) in [5.74, 6) is -1.12. The summed E-state index contributed by atoms with van der Waals surface area (Å²) < 4.78 is 2.23. The summed E-state index contributed by atoms with van der Waals surface area (Å²) in [6.07, 6.45) is 7.40. The van der Waals surface area contributed by atoms with Crippen molar-refractivity contribution in [2.45, 2.75) is 37.8 Å². The van der Waals surface area contributed by atoms with Gasteiger partial charge in [0.25, 0.3) is 11.5 Å². The summed E-state index contributed by atoms with van der Waals surface area (Å²) >= 11 is 7.51. The first-order chi connectivity index (χ1) is 24.8. The zero-order chi connectivity index (χ0) is 35.2. The molecule has 1 aromatic heterocycles. The number of rotatable bonds is 7. The number of thioether (sulfide) groups is 1. The van der Waals surface area contributed by atoms with Crippen LogP contribution in [0.4, 0.5) is 11.4 Å². The number of fused-ring (bicyclic) bond motifs is 3. The quantitative estimate of drug-likeness (QED) is 0.146. The number of carboxylic acid groups (broad SMARTS) is 1. The van der Waals surface area contributed by atoms with Crippen molar-refractivity contribution in [3.63, 3.8) is 0 Å². The summed E-state index contributed by atoms with van der Waals surface area (Å²) in [7, 11) is 1.58. The molecule has 51 heavy (non-hydrogen) atoms. The Labute approximate surface area is 308 Å². The van der Waals surface area contributed by atoms with E-state index in [9.17, 15) is 19.5 Å². The minimum absolute atomic E-state index is 0.279. The first kappa shape index (κ1) is 33.1. The van der Waals surface area contributed by atoms with Crippen LogP contribution in [0, 0.1) is 0 Å². The van der Waals surface area contributed by atoms with Gasteiger partial charge in [-0.3, -0.25) is 23.9 Å². The average molecular weight is 728 g/mol. The van der Waals surface area contributed by atoms with Gasteiger partial charge in [0.1, 0.15) is 20.4 Å². The van der Waals surface area contributed by atoms with Gasteiger partial charge in [-0.2, -0.15) is 0 Å². The molecule has 2 aliphatic heterocycles. The van der Waals surface area contributed by atoms with E-state index in [1.54, 1.807) is 7.05 Å². The largest absolute Gasteiger partial charge is 0.480 e. The molecule has 0 bridgehead atoms. The third-order valence-electron chi connectivity index (χ3n) is 9.83. The summed E-state index contributed by atoms with van der Waals surface area (Å²) in [6.45, 7) is -0.538. The number of aromatic nitrogens is 1. The van der Waals surface area contributed by atoms with Gasteiger partial charge in [0.2, 0.25) is 0 Å². The monoisotopic (exact) mass is 727 g/mol. The fraction of sp³-hybridized carbons (Fsp3) is 0.171. The zero-order valence-electron chi connectivity index (χ0n) is 27.7. The Hall–Kier alpha value is -5.03. The van der Waals surface area contributed by atoms with E-state index in [0.717, 1.165) is 59.2 Å². The van der Waals surface area contributed by atoms with Crippen molar-refractivity contribution in [1.82, 2.24) is 9.47 Å². The number of nitrogens with zero attached hydrogens (tertiary/aromatic N) is 3. The van der Waals surface area contributed by atoms with Crippen LogP contribution in [0.15, 0.2) is 108 Å². The number of thiazole rings is 1. The van der Waals surface area contributed by atoms with Crippen LogP contribution in [0.1, 0.15) is 53.0 Å². The Kier molecular flexibility index (Phi) is 8.83. The molecule has 1 N–H and O–H groups in total. The smallest absolute Gasteiger partial charge is 0.323 e. The highest BCUT2D eigenvalue weighted by Crippen LogP contribution is 2.52. The van der Waals surface area contributed by atoms with Crippen molar-refractivity contribution in [1.29, 1.82) is 0 Å². The molecule has 0 radical (unpaired) electrons. The highest BCUT2D eigenvalue weighted by Gasteiger charge is 2.42. The Bertz CT molecular complexity index is 2380. The fourth-order valence-electron chi connectivity index (χ4n) is 7.46. The molecule has 1 aliphatic carbocycles. The topological polar surface area (TPSA) is 82.9 Å². The number of amides is 1. The molecule has 3 aliphatic rings. The molecule has 8 rings (SSSR count). The third kappa shape index (κ3) is 6.17. The van der Waals surface area contributed by atoms with Crippen molar-refractivity contribution in [2.24, 2.45) is 0 Å². The number of anilines is 2. The Balaban J connectivity index is 1.15. The van der Waals surface area contributed by atoms with Crippen LogP contribution >= 0.6 is 35.3 Å². The van der Waals surface area contributed by atoms with Gasteiger partial charge < -0.3 is 10.0 Å². The standard InChI is InChI=1S/C41H33N3O4S3/c1-42-39(48)37(51-41(42)49)40-43(24-36(45)46)38(47)35(50-40)23-26-17-20-34-32(22-26)30-13-8-14-33(30)44(34)29-18-15-25(16-19-29)21-31(27-9-4-2-5-10-27)28-11-6-3-7-12-28/h2-7,9-12,15-23,30,33H,8,13-14,24H2,1H3,(H,45,46). The van der Waals surface area contributed by atoms with Crippen molar-refractivity contribution in [3.8, 4) is 0 Å². The molecular formula is C41H33N3O4S3. The number of hydrogen-bond donors (Lipinski definition) is 1. The van der Waals surface area contributed by atoms with Crippen LogP contribution < -0.4 is 19.7 Å². The second-order valence-electron chi connectivity index (χ2n) is 12.9. The number of carbonyl (C=O) groups excluding carboxylic acids is 1. The molecule has 3 heterocycles. The van der Waals surface area contributed by atoms with Gasteiger partial charge in [-0.1, -0.05) is 109 Å². The lowest BCUT2D eigenvalue weighted by atomic mass is 9.95. The number of hydrogen-bond acceptors (Lipinski definition) is 7. The van der Waals surface area contributed by atoms with Crippen LogP contribution in [-0.4, -0.2) is 43.9 Å². The highest BCUT2D eigenvalue weighted by molar-refractivity contribution is 8.30. The summed E-state index contributed by atoms with van der Waals surface area (Å²) in [5, 5.41) is 9.58. The van der Waals surface area contributed by atoms with Gasteiger partial charge in [-0.15, -0.1) is 11.3 Å². The maximum Gasteiger partial charge on any atom is 0.323 e. The molecule has 7 nitrogen and oxygen atoms in total. The van der Waals surface area contributed by atoms with Crippen molar-refractivity contribution < 1.29 is 14.7 Å². The van der Waals surface area contributed by atoms with E-state index in [1.807, 2.05) is 24.3 Å². The number of benzene rings is 4. The molecular weight excluding hydrogens is 695 g/mol. The van der Waals surface area contributed by atoms with Crippen LogP contribution in [0.3, 0.4) is 0 Å². The second kappa shape index (κ2) is 13.6. The van der Waals surface area contributed by atoms with Crippen molar-refractivity contribution in [3.05, 3.63) is 150 Å². The normalized spacial score (nSPS) is 19.4. The van der Waals surface area contributed by atoms with E-state index in [1.165, 1.54) is 37.4 Å². The average Bonchev–Trinajstić information content (AvgIpc) is 3.88. The maximum absolute atomic E-state index is 13.6. The van der Waals surface area contributed by atoms with E-state index >= 15 is 0 Å². The minimum atomic E-state index is -1.16. The number of carbonyl (C=O) groups is 2. The highest BCUT2D eigenvalue weighted by atomic mass is 32.2. The third-order valence-corrected chi connectivity index (χ3v) is 12.6. The predicted octanol–water partition coefficient (Wildman–Crippen LogP) is 6.80. The molecule has 5 aromatic rings. The van der Waals surface area contributed by atoms with Crippen LogP contribution in [0.25, 0.3) is 22.6 Å². The van der Waals surface area contributed by atoms with Crippen LogP contribution in [-0.2, 0) is 16.1 Å². The van der Waals surface area contributed by atoms with E-state index in [0.29, 0.717) is 25.5 Å². The summed E-state index contributed by atoms with van der Waals surface area (Å²) in [4.78, 5) is 42.3. The van der Waals surface area contributed by atoms with Crippen LogP contribution in [0.2, 0.25) is 0 Å². The predicted molar refractivity (Wildman–Crippen MR) is 211 cm³/mol. The maximum atomic E-state index is 13.6. The van der Waals surface area contributed by atoms with Crippen molar-refractivity contribution >= 4 is 85.5 Å². The van der Waals surface area contributed by atoms with Gasteiger partial charge in [0.05, 0.1) is 4.53 Å². The molecule has 2 fully saturated rings. The molecule has 4 aromatic carbocycles. The molecule has 1 saturated carbocycles. The molecule has 1 amide bonds. The second-order valence-corrected chi connectivity index (χ2v) is 15.6. The van der Waals surface area contributed by atoms with Crippen LogP contribution in [0.5, 0.6) is 0 Å². The molecule has 0 spiro atoms. The van der Waals surface area contributed by atoms with E-state index in [2.05, 4.69) is 95.9 Å². The lowest BCUT2D eigenvalue weighted by Crippen LogP contribution is -2.35. The molecule has 10 heteroatoms. The Morgan fingerprint density at radius 2 is 1.57 bits per heavy atom. The molecule has 2 atom stereocenters. The first-order valence-electron chi connectivity index (χ1n) is 16.8. The van der Waals surface area contributed by atoms with Gasteiger partial charge >= 0.3 is 5.97 Å². The molecule has 1 saturated heterocycles. The first-order valence-corrected chi connectivity index (χ1v) is 18.8. The van der Waals surface area contributed by atoms with Gasteiger partial charge in [0.15, 0.2) is 0 Å². The molecule has 254 valence electrons. The summed E-state index contributed by atoms with van der Waals surface area (Å²) in [6, 6.07) is 36.4. The van der Waals surface area contributed by atoms with E-state index < -0.39 is 18.1 Å². The lowest BCUT2D eigenvalue weighted by Gasteiger charge is -2.27. The molecule has 2 unspecified atom stereocenters. The SMILES string of the molecule is CN1C(=O)C(=c2sc(=Cc3ccc4c(c3)C3CCCC3N4c3ccc(C=C(c4ccccc4)c4ccccc4)cc3)c(=O)n2CC(=O)O)SC1=S. The van der Waals surface area contributed by atoms with Gasteiger partial charge in [0, 0.05) is 30.4 Å². The Morgan fingerprint density at radius 3 is 2.20 bits per heavy atom. The number of aliphatic carboxylic acids is 1. The fourth-order valence-corrected chi connectivity index (χ4v) is 9.89. The van der Waals surface area contributed by atoms with E-state index in [4.69, 9.17) is 12.2 Å². The number of carboxylic acids is 1. The van der Waals surface area contributed by atoms with Gasteiger partial charge in [-0.25, -0.2) is 0 Å². The van der Waals surface area contributed by atoms with Crippen molar-refractivity contribution in [2.75, 3.05) is 11.9 Å². The number of thiocarbonyl (C=S) groups is 1. The Morgan fingerprint density at radius 1 is 0.902 bits per heavy atom. The lowest BCUT2D eigenvalue weighted by molar-refractivity contribution is -0.137. The van der Waals surface area contributed by atoms with E-state index in [-0.39, 0.29) is 10.8 Å².